The number of hydrogen-bond donors (Lipinski definition) is 2. The van der Waals surface area contributed by atoms with Crippen LogP contribution in [0.15, 0.2) is 30.5 Å². The van der Waals surface area contributed by atoms with Crippen molar-refractivity contribution in [3.8, 4) is 0 Å². The smallest absolute Gasteiger partial charge is 0.408 e. The second-order valence-electron chi connectivity index (χ2n) is 9.28. The van der Waals surface area contributed by atoms with Crippen molar-refractivity contribution in [1.29, 1.82) is 0 Å². The van der Waals surface area contributed by atoms with Gasteiger partial charge in [-0.25, -0.2) is 9.78 Å². The molecule has 2 aliphatic rings. The molecule has 7 nitrogen and oxygen atoms in total. The number of nitrogens with one attached hydrogen (secondary N) is 2. The highest BCUT2D eigenvalue weighted by atomic mass is 16.6. The van der Waals surface area contributed by atoms with Crippen LogP contribution in [-0.4, -0.2) is 33.1 Å². The number of anilines is 1. The number of aryl methyl sites for hydroxylation is 1. The first-order valence-electron chi connectivity index (χ1n) is 10.7. The van der Waals surface area contributed by atoms with Crippen molar-refractivity contribution in [2.24, 2.45) is 0 Å². The number of alkyl carbamates (subject to hydrolysis) is 1. The van der Waals surface area contributed by atoms with Crippen molar-refractivity contribution in [2.75, 3.05) is 4.90 Å². The van der Waals surface area contributed by atoms with E-state index in [9.17, 15) is 9.59 Å². The Kier molecular flexibility index (Phi) is 5.08. The maximum Gasteiger partial charge on any atom is 0.408 e. The van der Waals surface area contributed by atoms with Gasteiger partial charge in [0.25, 0.3) is 5.91 Å². The number of imidazole rings is 1. The molecule has 1 aliphatic heterocycles. The standard InChI is InChI=1S/C23H30N4O3/c1-5-8-16-14-24-19(25-16)18-13-15-9-6-7-10-17(15)27(18)20(28)23(11-12-23)26-21(29)30-22(2,3)4/h6-7,9-10,14,18H,5,8,11-13H2,1-4H3,(H,24,25)(H,26,29). The van der Waals surface area contributed by atoms with Crippen LogP contribution in [0.5, 0.6) is 0 Å². The Morgan fingerprint density at radius 3 is 2.70 bits per heavy atom. The third-order valence-electron chi connectivity index (χ3n) is 5.58. The zero-order chi connectivity index (χ0) is 21.5. The number of aromatic amines is 1. The molecule has 4 rings (SSSR count). The maximum atomic E-state index is 13.7. The zero-order valence-corrected chi connectivity index (χ0v) is 18.1. The molecule has 1 unspecified atom stereocenters. The first-order chi connectivity index (χ1) is 14.2. The Morgan fingerprint density at radius 1 is 1.30 bits per heavy atom. The molecule has 1 aromatic heterocycles. The Labute approximate surface area is 177 Å². The summed E-state index contributed by atoms with van der Waals surface area (Å²) in [4.78, 5) is 35.9. The van der Waals surface area contributed by atoms with E-state index in [1.54, 1.807) is 0 Å². The third kappa shape index (κ3) is 3.93. The lowest BCUT2D eigenvalue weighted by Gasteiger charge is -2.30. The number of ether oxygens (including phenoxy) is 1. The summed E-state index contributed by atoms with van der Waals surface area (Å²) in [7, 11) is 0. The van der Waals surface area contributed by atoms with E-state index in [1.165, 1.54) is 0 Å². The summed E-state index contributed by atoms with van der Waals surface area (Å²) in [6, 6.07) is 7.73. The van der Waals surface area contributed by atoms with Crippen LogP contribution < -0.4 is 10.2 Å². The minimum absolute atomic E-state index is 0.100. The minimum Gasteiger partial charge on any atom is -0.444 e. The van der Waals surface area contributed by atoms with Crippen LogP contribution >= 0.6 is 0 Å². The van der Waals surface area contributed by atoms with Crippen LogP contribution in [0.3, 0.4) is 0 Å². The van der Waals surface area contributed by atoms with Crippen molar-refractivity contribution in [1.82, 2.24) is 15.3 Å². The van der Waals surface area contributed by atoms with Crippen molar-refractivity contribution in [2.45, 2.75) is 77.0 Å². The van der Waals surface area contributed by atoms with Gasteiger partial charge in [0.2, 0.25) is 0 Å². The number of fused-ring (bicyclic) bond motifs is 1. The van der Waals surface area contributed by atoms with Crippen LogP contribution in [0.1, 0.15) is 70.1 Å². The molecule has 2 aromatic rings. The van der Waals surface area contributed by atoms with Gasteiger partial charge in [0.15, 0.2) is 0 Å². The topological polar surface area (TPSA) is 87.3 Å². The Bertz CT molecular complexity index is 955. The average Bonchev–Trinajstić information content (AvgIpc) is 3.12. The van der Waals surface area contributed by atoms with Crippen molar-refractivity contribution < 1.29 is 14.3 Å². The van der Waals surface area contributed by atoms with Gasteiger partial charge < -0.3 is 15.0 Å². The van der Waals surface area contributed by atoms with Gasteiger partial charge >= 0.3 is 6.09 Å². The minimum atomic E-state index is -0.906. The fourth-order valence-corrected chi connectivity index (χ4v) is 4.04. The van der Waals surface area contributed by atoms with Gasteiger partial charge in [-0.15, -0.1) is 0 Å². The second-order valence-corrected chi connectivity index (χ2v) is 9.28. The first kappa shape index (κ1) is 20.4. The largest absolute Gasteiger partial charge is 0.444 e. The molecular weight excluding hydrogens is 380 g/mol. The maximum absolute atomic E-state index is 13.7. The number of amides is 2. The summed E-state index contributed by atoms with van der Waals surface area (Å²) < 4.78 is 5.40. The van der Waals surface area contributed by atoms with Crippen LogP contribution in [0.25, 0.3) is 0 Å². The van der Waals surface area contributed by atoms with Gasteiger partial charge in [-0.2, -0.15) is 0 Å². The van der Waals surface area contributed by atoms with Gasteiger partial charge in [0.1, 0.15) is 17.0 Å². The molecule has 160 valence electrons. The molecule has 2 amide bonds. The molecule has 2 heterocycles. The fraction of sp³-hybridized carbons (Fsp3) is 0.522. The van der Waals surface area contributed by atoms with Gasteiger partial charge in [-0.05, 0) is 51.7 Å². The molecule has 1 atom stereocenters. The van der Waals surface area contributed by atoms with Crippen LogP contribution in [-0.2, 0) is 22.4 Å². The summed E-state index contributed by atoms with van der Waals surface area (Å²) in [6.45, 7) is 7.56. The molecule has 1 saturated carbocycles. The Balaban J connectivity index is 1.61. The zero-order valence-electron chi connectivity index (χ0n) is 18.1. The number of nitrogens with zero attached hydrogens (tertiary/aromatic N) is 2. The number of aromatic nitrogens is 2. The number of para-hydroxylation sites is 1. The van der Waals surface area contributed by atoms with Crippen LogP contribution in [0.4, 0.5) is 10.5 Å². The number of rotatable bonds is 5. The molecule has 2 N–H and O–H groups in total. The van der Waals surface area contributed by atoms with E-state index in [0.29, 0.717) is 19.3 Å². The van der Waals surface area contributed by atoms with E-state index in [-0.39, 0.29) is 11.9 Å². The first-order valence-corrected chi connectivity index (χ1v) is 10.7. The molecule has 0 radical (unpaired) electrons. The number of carbonyl (C=O) groups excluding carboxylic acids is 2. The number of benzene rings is 1. The van der Waals surface area contributed by atoms with Gasteiger partial charge in [0.05, 0.1) is 6.04 Å². The lowest BCUT2D eigenvalue weighted by atomic mass is 10.1. The van der Waals surface area contributed by atoms with E-state index in [4.69, 9.17) is 4.74 Å². The van der Waals surface area contributed by atoms with E-state index in [1.807, 2.05) is 56.1 Å². The monoisotopic (exact) mass is 410 g/mol. The lowest BCUT2D eigenvalue weighted by molar-refractivity contribution is -0.122. The number of hydrogen-bond acceptors (Lipinski definition) is 4. The van der Waals surface area contributed by atoms with Gasteiger partial charge in [0, 0.05) is 24.0 Å². The molecule has 1 fully saturated rings. The summed E-state index contributed by atoms with van der Waals surface area (Å²) in [6.07, 6.45) is 5.16. The van der Waals surface area contributed by atoms with E-state index in [2.05, 4.69) is 22.2 Å². The molecule has 1 aliphatic carbocycles. The lowest BCUT2D eigenvalue weighted by Crippen LogP contribution is -2.52. The highest BCUT2D eigenvalue weighted by Gasteiger charge is 2.56. The quantitative estimate of drug-likeness (QED) is 0.778. The molecule has 1 aromatic carbocycles. The SMILES string of the molecule is CCCc1cnc(C2Cc3ccccc3N2C(=O)C2(NC(=O)OC(C)(C)C)CC2)[nH]1. The average molecular weight is 411 g/mol. The molecule has 0 bridgehead atoms. The molecule has 0 spiro atoms. The normalized spacial score (nSPS) is 19.3. The predicted octanol–water partition coefficient (Wildman–Crippen LogP) is 4.05. The summed E-state index contributed by atoms with van der Waals surface area (Å²) in [5.74, 6) is 0.688. The Morgan fingerprint density at radius 2 is 2.03 bits per heavy atom. The van der Waals surface area contributed by atoms with Crippen LogP contribution in [0.2, 0.25) is 0 Å². The van der Waals surface area contributed by atoms with Crippen molar-refractivity contribution >= 4 is 17.7 Å². The van der Waals surface area contributed by atoms with Gasteiger partial charge in [-0.1, -0.05) is 31.5 Å². The molecule has 30 heavy (non-hydrogen) atoms. The van der Waals surface area contributed by atoms with Crippen LogP contribution in [0, 0.1) is 0 Å². The van der Waals surface area contributed by atoms with E-state index in [0.717, 1.165) is 35.6 Å². The molecule has 0 saturated heterocycles. The van der Waals surface area contributed by atoms with Crippen molar-refractivity contribution in [3.05, 3.63) is 47.5 Å². The second kappa shape index (κ2) is 7.45. The number of carbonyl (C=O) groups is 2. The number of H-pyrrole nitrogens is 1. The summed E-state index contributed by atoms with van der Waals surface area (Å²) in [5.41, 5.74) is 1.55. The molecular formula is C23H30N4O3. The predicted molar refractivity (Wildman–Crippen MR) is 114 cm³/mol. The van der Waals surface area contributed by atoms with Gasteiger partial charge in [-0.3, -0.25) is 9.69 Å². The van der Waals surface area contributed by atoms with E-state index < -0.39 is 17.2 Å². The fourth-order valence-electron chi connectivity index (χ4n) is 4.04. The highest BCUT2D eigenvalue weighted by molar-refractivity contribution is 6.05. The highest BCUT2D eigenvalue weighted by Crippen LogP contribution is 2.46. The Hall–Kier alpha value is -2.83. The summed E-state index contributed by atoms with van der Waals surface area (Å²) >= 11 is 0. The summed E-state index contributed by atoms with van der Waals surface area (Å²) in [5, 5.41) is 2.85. The van der Waals surface area contributed by atoms with Crippen molar-refractivity contribution in [3.63, 3.8) is 0 Å². The van der Waals surface area contributed by atoms with E-state index >= 15 is 0 Å². The third-order valence-corrected chi connectivity index (χ3v) is 5.58. The molecule has 7 heteroatoms.